The molecule has 2 atom stereocenters. The molecule has 0 heterocycles. The molecule has 1 aromatic rings. The molecule has 0 saturated carbocycles. The van der Waals surface area contributed by atoms with Crippen molar-refractivity contribution in [2.75, 3.05) is 0 Å². The molecule has 0 aliphatic carbocycles. The highest BCUT2D eigenvalue weighted by molar-refractivity contribution is 7.60. The second kappa shape index (κ2) is 6.08. The van der Waals surface area contributed by atoms with Crippen LogP contribution >= 0.6 is 15.6 Å². The molecule has 0 bridgehead atoms. The third-order valence-corrected chi connectivity index (χ3v) is 4.10. The van der Waals surface area contributed by atoms with E-state index >= 15 is 0 Å². The van der Waals surface area contributed by atoms with Crippen molar-refractivity contribution < 1.29 is 32.6 Å². The standard InChI is InChI=1S/C9H13O7P2/c1-2-9(8-6-4-3-5-7-8)15-18(13,14)16-17(10,11)12/h3-7,9H,1-2H2,(H,13,14)(H2,10,11,12). The Morgan fingerprint density at radius 3 is 2.17 bits per heavy atom. The second-order valence-corrected chi connectivity index (χ2v) is 6.12. The van der Waals surface area contributed by atoms with Crippen molar-refractivity contribution in [3.63, 3.8) is 0 Å². The SMILES string of the molecule is [CH2]CC(OP(=O)(O)OP(=O)(O)O)c1ccccc1. The Balaban J connectivity index is 2.81. The number of hydrogen-bond acceptors (Lipinski definition) is 4. The molecule has 0 amide bonds. The lowest BCUT2D eigenvalue weighted by molar-refractivity contribution is 0.128. The van der Waals surface area contributed by atoms with Crippen molar-refractivity contribution in [1.29, 1.82) is 0 Å². The Kier molecular flexibility index (Phi) is 5.25. The molecule has 0 aliphatic rings. The predicted octanol–water partition coefficient (Wildman–Crippen LogP) is 2.18. The van der Waals surface area contributed by atoms with Crippen LogP contribution in [0.25, 0.3) is 0 Å². The van der Waals surface area contributed by atoms with Gasteiger partial charge in [-0.3, -0.25) is 4.52 Å². The molecule has 7 nitrogen and oxygen atoms in total. The maximum Gasteiger partial charge on any atom is 0.481 e. The van der Waals surface area contributed by atoms with Gasteiger partial charge in [-0.15, -0.1) is 0 Å². The highest BCUT2D eigenvalue weighted by Crippen LogP contribution is 2.59. The molecule has 0 aromatic heterocycles. The van der Waals surface area contributed by atoms with E-state index in [9.17, 15) is 14.0 Å². The van der Waals surface area contributed by atoms with Gasteiger partial charge in [0.05, 0.1) is 6.10 Å². The van der Waals surface area contributed by atoms with Crippen LogP contribution in [-0.4, -0.2) is 14.7 Å². The first kappa shape index (κ1) is 15.5. The summed E-state index contributed by atoms with van der Waals surface area (Å²) in [6, 6.07) is 8.38. The summed E-state index contributed by atoms with van der Waals surface area (Å²) < 4.78 is 30.3. The van der Waals surface area contributed by atoms with Crippen LogP contribution in [0.15, 0.2) is 30.3 Å². The van der Waals surface area contributed by atoms with Crippen LogP contribution in [0.2, 0.25) is 0 Å². The molecule has 0 fully saturated rings. The van der Waals surface area contributed by atoms with Crippen molar-refractivity contribution in [2.45, 2.75) is 12.5 Å². The van der Waals surface area contributed by atoms with Crippen LogP contribution in [-0.2, 0) is 18.0 Å². The third kappa shape index (κ3) is 5.42. The summed E-state index contributed by atoms with van der Waals surface area (Å²) in [5.41, 5.74) is 0.552. The Bertz CT molecular complexity index is 469. The van der Waals surface area contributed by atoms with Crippen molar-refractivity contribution in [3.8, 4) is 0 Å². The van der Waals surface area contributed by atoms with Gasteiger partial charge in [-0.2, -0.15) is 4.31 Å². The van der Waals surface area contributed by atoms with Crippen LogP contribution in [0.4, 0.5) is 0 Å². The molecule has 2 unspecified atom stereocenters. The quantitative estimate of drug-likeness (QED) is 0.689. The first-order valence-corrected chi connectivity index (χ1v) is 7.88. The molecule has 101 valence electrons. The van der Waals surface area contributed by atoms with Gasteiger partial charge in [0.15, 0.2) is 0 Å². The lowest BCUT2D eigenvalue weighted by atomic mass is 10.1. The maximum absolute atomic E-state index is 11.4. The average Bonchev–Trinajstić information content (AvgIpc) is 2.24. The normalized spacial score (nSPS) is 17.1. The zero-order valence-corrected chi connectivity index (χ0v) is 11.0. The zero-order chi connectivity index (χ0) is 13.8. The Morgan fingerprint density at radius 1 is 1.17 bits per heavy atom. The molecule has 9 heteroatoms. The van der Waals surface area contributed by atoms with Gasteiger partial charge < -0.3 is 14.7 Å². The van der Waals surface area contributed by atoms with Crippen LogP contribution < -0.4 is 0 Å². The highest BCUT2D eigenvalue weighted by atomic mass is 31.3. The Hall–Kier alpha value is -0.520. The van der Waals surface area contributed by atoms with Gasteiger partial charge in [0.1, 0.15) is 0 Å². The molecule has 0 aliphatic heterocycles. The predicted molar refractivity (Wildman–Crippen MR) is 63.2 cm³/mol. The Morgan fingerprint density at radius 2 is 1.72 bits per heavy atom. The van der Waals surface area contributed by atoms with Gasteiger partial charge in [-0.05, 0) is 12.0 Å². The third-order valence-electron chi connectivity index (χ3n) is 1.90. The van der Waals surface area contributed by atoms with Crippen LogP contribution in [0.3, 0.4) is 0 Å². The number of phosphoric acid groups is 2. The fraction of sp³-hybridized carbons (Fsp3) is 0.222. The summed E-state index contributed by atoms with van der Waals surface area (Å²) in [7, 11) is -9.96. The summed E-state index contributed by atoms with van der Waals surface area (Å²) in [5, 5.41) is 0. The van der Waals surface area contributed by atoms with Crippen molar-refractivity contribution in [2.24, 2.45) is 0 Å². The van der Waals surface area contributed by atoms with E-state index in [0.717, 1.165) is 0 Å². The van der Waals surface area contributed by atoms with Gasteiger partial charge in [-0.25, -0.2) is 9.13 Å². The van der Waals surface area contributed by atoms with Crippen molar-refractivity contribution in [3.05, 3.63) is 42.8 Å². The van der Waals surface area contributed by atoms with Crippen LogP contribution in [0.1, 0.15) is 18.1 Å². The van der Waals surface area contributed by atoms with E-state index in [4.69, 9.17) is 9.79 Å². The smallest absolute Gasteiger partial charge is 0.302 e. The molecular formula is C9H13O7P2. The average molecular weight is 295 g/mol. The van der Waals surface area contributed by atoms with Gasteiger partial charge in [0.25, 0.3) is 0 Å². The minimum absolute atomic E-state index is 0.0963. The summed E-state index contributed by atoms with van der Waals surface area (Å²) in [5.74, 6) is 0. The van der Waals surface area contributed by atoms with Crippen LogP contribution in [0, 0.1) is 6.92 Å². The van der Waals surface area contributed by atoms with E-state index in [1.807, 2.05) is 0 Å². The number of benzene rings is 1. The first-order valence-electron chi connectivity index (χ1n) is 4.86. The van der Waals surface area contributed by atoms with E-state index < -0.39 is 21.7 Å². The van der Waals surface area contributed by atoms with E-state index in [-0.39, 0.29) is 6.42 Å². The minimum atomic E-state index is -5.10. The van der Waals surface area contributed by atoms with Crippen molar-refractivity contribution in [1.82, 2.24) is 0 Å². The molecule has 0 saturated heterocycles. The molecule has 1 rings (SSSR count). The fourth-order valence-electron chi connectivity index (χ4n) is 1.26. The summed E-state index contributed by atoms with van der Waals surface area (Å²) in [6.07, 6.45) is -0.799. The molecule has 1 radical (unpaired) electrons. The summed E-state index contributed by atoms with van der Waals surface area (Å²) in [6.45, 7) is 3.54. The van der Waals surface area contributed by atoms with E-state index in [0.29, 0.717) is 5.56 Å². The van der Waals surface area contributed by atoms with Gasteiger partial charge in [0.2, 0.25) is 0 Å². The van der Waals surface area contributed by atoms with Crippen molar-refractivity contribution >= 4 is 15.6 Å². The largest absolute Gasteiger partial charge is 0.481 e. The number of hydrogen-bond donors (Lipinski definition) is 3. The fourth-order valence-corrected chi connectivity index (χ4v) is 3.04. The van der Waals surface area contributed by atoms with E-state index in [1.165, 1.54) is 0 Å². The second-order valence-electron chi connectivity index (χ2n) is 3.33. The lowest BCUT2D eigenvalue weighted by Crippen LogP contribution is -2.03. The first-order chi connectivity index (χ1) is 8.23. The molecule has 0 spiro atoms. The zero-order valence-electron chi connectivity index (χ0n) is 9.25. The van der Waals surface area contributed by atoms with Gasteiger partial charge in [-0.1, -0.05) is 37.3 Å². The molecule has 18 heavy (non-hydrogen) atoms. The highest BCUT2D eigenvalue weighted by Gasteiger charge is 2.34. The lowest BCUT2D eigenvalue weighted by Gasteiger charge is -2.19. The number of rotatable bonds is 6. The summed E-state index contributed by atoms with van der Waals surface area (Å²) >= 11 is 0. The Labute approximate surface area is 104 Å². The monoisotopic (exact) mass is 295 g/mol. The van der Waals surface area contributed by atoms with E-state index in [2.05, 4.69) is 15.8 Å². The van der Waals surface area contributed by atoms with Gasteiger partial charge in [0, 0.05) is 0 Å². The van der Waals surface area contributed by atoms with Crippen LogP contribution in [0.5, 0.6) is 0 Å². The van der Waals surface area contributed by atoms with Gasteiger partial charge >= 0.3 is 15.6 Å². The molecule has 1 aromatic carbocycles. The minimum Gasteiger partial charge on any atom is -0.302 e. The van der Waals surface area contributed by atoms with E-state index in [1.54, 1.807) is 30.3 Å². The molecular weight excluding hydrogens is 282 g/mol. The summed E-state index contributed by atoms with van der Waals surface area (Å²) in [4.78, 5) is 26.1. The maximum atomic E-state index is 11.4. The number of phosphoric ester groups is 1. The molecule has 3 N–H and O–H groups in total. The topological polar surface area (TPSA) is 113 Å².